The first-order chi connectivity index (χ1) is 1.73. The van der Waals surface area contributed by atoms with Crippen molar-refractivity contribution in [2.75, 3.05) is 0 Å². The van der Waals surface area contributed by atoms with Crippen molar-refractivity contribution in [2.24, 2.45) is 0 Å². The number of hydrogen-bond acceptors (Lipinski definition) is 0. The first kappa shape index (κ1) is 9.15. The van der Waals surface area contributed by atoms with Gasteiger partial charge in [-0.1, -0.05) is 0 Å². The molecular weight excluding hydrogens is 188 g/mol. The molecule has 0 aliphatic heterocycles. The average molecular weight is 190 g/mol. The van der Waals surface area contributed by atoms with Gasteiger partial charge in [0.1, 0.15) is 0 Å². The molecule has 0 saturated heterocycles. The number of hydrogen-bond donors (Lipinski definition) is 0. The van der Waals surface area contributed by atoms with Crippen molar-refractivity contribution < 1.29 is 13.5 Å². The Hall–Kier alpha value is 0.620. The van der Waals surface area contributed by atoms with Crippen molar-refractivity contribution in [3.8, 4) is 0 Å². The Balaban J connectivity index is 0. The van der Waals surface area contributed by atoms with Gasteiger partial charge in [0.2, 0.25) is 0 Å². The predicted molar refractivity (Wildman–Crippen MR) is 12.7 cm³/mol. The second-order valence-electron chi connectivity index (χ2n) is 0.247. The van der Waals surface area contributed by atoms with Crippen molar-refractivity contribution >= 4 is 23.2 Å². The van der Waals surface area contributed by atoms with Crippen molar-refractivity contribution in [3.63, 3.8) is 0 Å². The van der Waals surface area contributed by atoms with Gasteiger partial charge in [-0.3, -0.25) is 0 Å². The summed E-state index contributed by atoms with van der Waals surface area (Å²) in [7, 11) is 0. The van der Waals surface area contributed by atoms with E-state index in [4.69, 9.17) is 0 Å². The fraction of sp³-hybridized carbons (Fsp3) is 0. The van der Waals surface area contributed by atoms with Crippen LogP contribution >= 0.6 is 0 Å². The van der Waals surface area contributed by atoms with Crippen LogP contribution in [0.25, 0.3) is 0 Å². The second-order valence-corrected chi connectivity index (χ2v) is 1.66. The van der Waals surface area contributed by atoms with Crippen LogP contribution < -0.4 is 0 Å². The van der Waals surface area contributed by atoms with Gasteiger partial charge < -0.3 is 5.48 Å². The van der Waals surface area contributed by atoms with Gasteiger partial charge >= 0.3 is 31.2 Å². The zero-order valence-electron chi connectivity index (χ0n) is 2.21. The summed E-state index contributed by atoms with van der Waals surface area (Å²) in [6.07, 6.45) is 0. The molecule has 0 spiro atoms. The molecule has 0 aromatic rings. The van der Waals surface area contributed by atoms with Gasteiger partial charge in [0, 0.05) is 0 Å². The van der Waals surface area contributed by atoms with Gasteiger partial charge in [-0.05, 0) is 0 Å². The Morgan fingerprint density at radius 2 is 1.00 bits per heavy atom. The van der Waals surface area contributed by atoms with E-state index in [-0.39, 0.29) is 5.48 Å². The third-order valence-electron chi connectivity index (χ3n) is 0. The van der Waals surface area contributed by atoms with Crippen molar-refractivity contribution in [1.29, 1.82) is 0 Å². The molecule has 5 heavy (non-hydrogen) atoms. The fourth-order valence-electron chi connectivity index (χ4n) is 0. The molecule has 2 N–H and O–H groups in total. The molecule has 32 valence electrons. The Kier molecular flexibility index (Phi) is 8.46. The van der Waals surface area contributed by atoms with Crippen LogP contribution in [0.5, 0.6) is 0 Å². The molecule has 1 nitrogen and oxygen atoms in total. The monoisotopic (exact) mass is 190 g/mol. The quantitative estimate of drug-likeness (QED) is 0.516. The van der Waals surface area contributed by atoms with Gasteiger partial charge in [0.25, 0.3) is 0 Å². The van der Waals surface area contributed by atoms with Crippen LogP contribution in [0.3, 0.4) is 0 Å². The van der Waals surface area contributed by atoms with E-state index in [0.717, 1.165) is 0 Å². The molecule has 0 aliphatic carbocycles. The molecule has 0 radical (unpaired) electrons. The molecule has 0 fully saturated rings. The summed E-state index contributed by atoms with van der Waals surface area (Å²) in [5.41, 5.74) is 0. The minimum absolute atomic E-state index is 0. The molecule has 0 atom stereocenters. The van der Waals surface area contributed by atoms with E-state index in [2.05, 4.69) is 0 Å². The molecular formula is H2F3InO. The normalized spacial score (nSPS) is 5.40. The Morgan fingerprint density at radius 3 is 1.00 bits per heavy atom. The zero-order chi connectivity index (χ0) is 3.58. The predicted octanol–water partition coefficient (Wildman–Crippen LogP) is 0.0551. The maximum absolute atomic E-state index is 9.88. The van der Waals surface area contributed by atoms with E-state index >= 15 is 0 Å². The van der Waals surface area contributed by atoms with Crippen LogP contribution in [0.15, 0.2) is 0 Å². The van der Waals surface area contributed by atoms with Crippen LogP contribution in [0.1, 0.15) is 0 Å². The molecule has 0 aromatic heterocycles. The van der Waals surface area contributed by atoms with Crippen LogP contribution in [-0.2, 0) is 0 Å². The molecule has 0 saturated carbocycles. The zero-order valence-corrected chi connectivity index (χ0v) is 5.51. The summed E-state index contributed by atoms with van der Waals surface area (Å²) >= 11 is -5.14. The molecule has 0 aliphatic rings. The molecule has 0 amide bonds. The summed E-state index contributed by atoms with van der Waals surface area (Å²) in [6, 6.07) is 0. The van der Waals surface area contributed by atoms with Crippen LogP contribution in [0.4, 0.5) is 7.99 Å². The first-order valence-electron chi connectivity index (χ1n) is 0.655. The second kappa shape index (κ2) is 4.62. The molecule has 0 aromatic carbocycles. The Bertz CT molecular complexity index is 11.6. The van der Waals surface area contributed by atoms with E-state index in [1.54, 1.807) is 0 Å². The van der Waals surface area contributed by atoms with E-state index < -0.39 is 23.2 Å². The summed E-state index contributed by atoms with van der Waals surface area (Å²) in [4.78, 5) is 0. The van der Waals surface area contributed by atoms with Crippen molar-refractivity contribution in [3.05, 3.63) is 0 Å². The Morgan fingerprint density at radius 1 is 1.00 bits per heavy atom. The minimum atomic E-state index is -5.14. The summed E-state index contributed by atoms with van der Waals surface area (Å²) < 4.78 is 29.6. The maximum atomic E-state index is 9.88. The molecule has 0 heterocycles. The first-order valence-corrected chi connectivity index (χ1v) is 4.39. The topological polar surface area (TPSA) is 31.5 Å². The third kappa shape index (κ3) is 82.5. The van der Waals surface area contributed by atoms with E-state index in [9.17, 15) is 7.99 Å². The van der Waals surface area contributed by atoms with E-state index in [1.807, 2.05) is 0 Å². The van der Waals surface area contributed by atoms with Crippen molar-refractivity contribution in [1.82, 2.24) is 0 Å². The van der Waals surface area contributed by atoms with Gasteiger partial charge in [-0.25, -0.2) is 0 Å². The molecule has 0 bridgehead atoms. The summed E-state index contributed by atoms with van der Waals surface area (Å²) in [5, 5.41) is 0. The van der Waals surface area contributed by atoms with Gasteiger partial charge in [-0.2, -0.15) is 0 Å². The standard InChI is InChI=1S/3FH.In.H2O/h3*1H;;1H2/q;;;+3;/p-3. The van der Waals surface area contributed by atoms with Crippen LogP contribution in [0, 0.1) is 0 Å². The molecule has 0 unspecified atom stereocenters. The van der Waals surface area contributed by atoms with Crippen molar-refractivity contribution in [2.45, 2.75) is 0 Å². The molecule has 0 rings (SSSR count). The Labute approximate surface area is 37.2 Å². The van der Waals surface area contributed by atoms with E-state index in [1.165, 1.54) is 0 Å². The van der Waals surface area contributed by atoms with E-state index in [0.29, 0.717) is 0 Å². The fourth-order valence-corrected chi connectivity index (χ4v) is 0. The average Bonchev–Trinajstić information content (AvgIpc) is 0.811. The van der Waals surface area contributed by atoms with Gasteiger partial charge in [0.15, 0.2) is 0 Å². The summed E-state index contributed by atoms with van der Waals surface area (Å²) in [5.74, 6) is 0. The summed E-state index contributed by atoms with van der Waals surface area (Å²) in [6.45, 7) is 0. The van der Waals surface area contributed by atoms with Crippen LogP contribution in [-0.4, -0.2) is 28.7 Å². The molecule has 5 heteroatoms. The van der Waals surface area contributed by atoms with Gasteiger partial charge in [-0.15, -0.1) is 0 Å². The van der Waals surface area contributed by atoms with Gasteiger partial charge in [0.05, 0.1) is 0 Å². The third-order valence-corrected chi connectivity index (χ3v) is 0. The van der Waals surface area contributed by atoms with Crippen LogP contribution in [0.2, 0.25) is 0 Å². The number of rotatable bonds is 0. The number of halogens is 3. The SMILES string of the molecule is O.[F][In]([F])[F].